The van der Waals surface area contributed by atoms with E-state index < -0.39 is 29.6 Å². The number of methoxy groups -OCH3 is 1. The van der Waals surface area contributed by atoms with Gasteiger partial charge in [-0.3, -0.25) is 24.4 Å². The molecule has 0 saturated heterocycles. The Kier molecular flexibility index (Phi) is 10.9. The van der Waals surface area contributed by atoms with Gasteiger partial charge in [-0.15, -0.1) is 22.1 Å². The van der Waals surface area contributed by atoms with Gasteiger partial charge >= 0.3 is 55.9 Å². The van der Waals surface area contributed by atoms with Gasteiger partial charge in [0.1, 0.15) is 5.92 Å². The molecule has 2 aliphatic heterocycles. The van der Waals surface area contributed by atoms with Gasteiger partial charge < -0.3 is 24.6 Å². The van der Waals surface area contributed by atoms with Crippen LogP contribution in [0.3, 0.4) is 0 Å². The molecule has 0 amide bonds. The number of carboxylic acids is 1. The molecule has 242 valence electrons. The van der Waals surface area contributed by atoms with Crippen LogP contribution in [-0.2, 0) is 34.7 Å². The molecule has 0 unspecified atom stereocenters. The molecule has 0 fully saturated rings. The van der Waals surface area contributed by atoms with Gasteiger partial charge in [0.05, 0.1) is 7.11 Å². The van der Waals surface area contributed by atoms with Crippen LogP contribution in [0.4, 0.5) is 0 Å². The third-order valence-electron chi connectivity index (χ3n) is 9.93. The van der Waals surface area contributed by atoms with Gasteiger partial charge in [0.25, 0.3) is 0 Å². The molecule has 12 heteroatoms. The number of ether oxygens (including phenoxy) is 1. The quantitative estimate of drug-likeness (QED) is 0.158. The van der Waals surface area contributed by atoms with Crippen LogP contribution in [0, 0.1) is 13.8 Å². The van der Waals surface area contributed by atoms with Gasteiger partial charge in [-0.05, 0) is 45.6 Å². The Morgan fingerprint density at radius 2 is 1.51 bits per heavy atom. The molecule has 1 aliphatic carbocycles. The van der Waals surface area contributed by atoms with Crippen molar-refractivity contribution in [1.29, 1.82) is 0 Å². The molecular weight excluding hydrogens is 702 g/mol. The van der Waals surface area contributed by atoms with Crippen molar-refractivity contribution in [3.8, 4) is 0 Å². The summed E-state index contributed by atoms with van der Waals surface area (Å²) >= 11 is 0. The van der Waals surface area contributed by atoms with E-state index in [-0.39, 0.29) is 86.4 Å². The predicted octanol–water partition coefficient (Wildman–Crippen LogP) is 1.56. The molecule has 0 radical (unpaired) electrons. The molecule has 10 nitrogen and oxygen atoms in total. The third-order valence-corrected chi connectivity index (χ3v) is 9.93. The van der Waals surface area contributed by atoms with Crippen molar-refractivity contribution in [3.63, 3.8) is 0 Å². The molecule has 0 aromatic carbocycles. The van der Waals surface area contributed by atoms with Crippen LogP contribution in [0.1, 0.15) is 137 Å². The van der Waals surface area contributed by atoms with Crippen LogP contribution in [0.5, 0.6) is 0 Å². The summed E-state index contributed by atoms with van der Waals surface area (Å²) in [5, 5.41) is 11.6. The Morgan fingerprint density at radius 3 is 2.13 bits per heavy atom. The molecule has 47 heavy (non-hydrogen) atoms. The van der Waals surface area contributed by atoms with Crippen molar-refractivity contribution in [1.82, 2.24) is 19.9 Å². The number of carboxylic acid groups (broad SMARTS) is 1. The van der Waals surface area contributed by atoms with Crippen molar-refractivity contribution >= 4 is 45.6 Å². The monoisotopic (exact) mass is 736 g/mol. The minimum atomic E-state index is -1.27. The predicted molar refractivity (Wildman–Crippen MR) is 164 cm³/mol. The minimum absolute atomic E-state index is 0. The topological polar surface area (TPSA) is 155 Å². The zero-order chi connectivity index (χ0) is 32.5. The molecule has 3 aromatic rings. The molecule has 0 saturated carbocycles. The number of aliphatic carboxylic acids is 1. The molecule has 5 atom stereocenters. The van der Waals surface area contributed by atoms with Crippen molar-refractivity contribution in [2.45, 2.75) is 90.4 Å². The number of hydrogen-bond donors (Lipinski definition) is 0. The fourth-order valence-corrected chi connectivity index (χ4v) is 7.44. The minimum Gasteiger partial charge on any atom is -0.657 e. The largest absolute Gasteiger partial charge is 2.00 e. The van der Waals surface area contributed by atoms with Gasteiger partial charge in [0, 0.05) is 63.5 Å². The van der Waals surface area contributed by atoms with E-state index in [4.69, 9.17) is 24.7 Å². The molecule has 3 aliphatic rings. The first-order valence-corrected chi connectivity index (χ1v) is 15.4. The number of nitrogens with zero attached hydrogens (tertiary/aromatic N) is 4. The standard InChI is InChI=1S/C35H38N4O6.Na.Pd/c1-8-19-14(2)21-13-26-28(18(6)40)16(4)23(37-26)11-22-15(3)20(9-10-27(41)42)32(38-22)30-31(35(44)45-7)34(43)29-17(5)24(39-33(29)30)12-25(19)36-21;;/h11-15,19-20,31H,8-10H2,1-7H3,(H3,36,37,38,39,40,41,42,43);;/q;+1;+2/p-3/t14-,15+,19-,20+,31-;;/m1../s1. The van der Waals surface area contributed by atoms with Gasteiger partial charge in [-0.1, -0.05) is 50.1 Å². The van der Waals surface area contributed by atoms with Crippen LogP contribution in [0.2, 0.25) is 0 Å². The zero-order valence-corrected chi connectivity index (χ0v) is 31.3. The van der Waals surface area contributed by atoms with E-state index in [1.54, 1.807) is 0 Å². The average molecular weight is 737 g/mol. The van der Waals surface area contributed by atoms with Crippen LogP contribution in [0.15, 0.2) is 18.2 Å². The van der Waals surface area contributed by atoms with Gasteiger partial charge in [-0.25, -0.2) is 0 Å². The Hall–Kier alpha value is -2.94. The second-order valence-corrected chi connectivity index (χ2v) is 12.4. The van der Waals surface area contributed by atoms with Crippen LogP contribution < -0.4 is 44.6 Å². The SMILES string of the molecule is CC[C@H]1c2cc3[n-]c4c(c3C)C(=O)[C@H](C(=O)OC)c4c3nc(cc4[n-]c(cc(n2)[C@@H]1C)c(C(C)=O)c4C)[C@@H](C)[C@@H]3CCC(=O)[O-].[Na+].[Pd+2]. The van der Waals surface area contributed by atoms with Gasteiger partial charge in [0.2, 0.25) is 0 Å². The number of rotatable bonds is 6. The first-order chi connectivity index (χ1) is 21.4. The summed E-state index contributed by atoms with van der Waals surface area (Å²) in [6.45, 7) is 11.3. The van der Waals surface area contributed by atoms with E-state index in [1.165, 1.54) is 14.0 Å². The number of aryl methyl sites for hydroxylation is 2. The molecule has 0 N–H and O–H groups in total. The Morgan fingerprint density at radius 1 is 0.915 bits per heavy atom. The number of hydrogen-bond acceptors (Lipinski definition) is 8. The normalized spacial score (nSPS) is 21.2. The Labute approximate surface area is 308 Å². The number of aromatic nitrogens is 4. The van der Waals surface area contributed by atoms with Gasteiger partial charge in [0.15, 0.2) is 11.6 Å². The molecule has 8 bridgehead atoms. The molecular formula is C35H35N4NaO6Pd. The number of Topliss-reactive ketones (excluding diaryl/α,β-unsaturated/α-hetero) is 2. The number of carbonyl (C=O) groups excluding carboxylic acids is 4. The van der Waals surface area contributed by atoms with E-state index in [9.17, 15) is 24.3 Å². The number of carbonyl (C=O) groups is 4. The van der Waals surface area contributed by atoms with Crippen LogP contribution in [0.25, 0.3) is 22.1 Å². The van der Waals surface area contributed by atoms with E-state index >= 15 is 0 Å². The summed E-state index contributed by atoms with van der Waals surface area (Å²) in [5.41, 5.74) is 7.27. The van der Waals surface area contributed by atoms with Crippen molar-refractivity contribution in [2.75, 3.05) is 7.11 Å². The molecule has 5 heterocycles. The molecule has 0 spiro atoms. The average Bonchev–Trinajstić information content (AvgIpc) is 3.72. The maximum atomic E-state index is 14.0. The number of esters is 1. The zero-order valence-electron chi connectivity index (χ0n) is 27.8. The van der Waals surface area contributed by atoms with Crippen molar-refractivity contribution in [3.05, 3.63) is 68.8 Å². The Balaban J connectivity index is 0.00000250. The fraction of sp³-hybridized carbons (Fsp3) is 0.429. The van der Waals surface area contributed by atoms with E-state index in [2.05, 4.69) is 13.8 Å². The second-order valence-electron chi connectivity index (χ2n) is 12.4. The summed E-state index contributed by atoms with van der Waals surface area (Å²) in [6.07, 6.45) is 0.754. The summed E-state index contributed by atoms with van der Waals surface area (Å²) < 4.78 is 5.10. The fourth-order valence-electron chi connectivity index (χ4n) is 7.44. The van der Waals surface area contributed by atoms with E-state index in [1.807, 2.05) is 39.0 Å². The summed E-state index contributed by atoms with van der Waals surface area (Å²) in [6, 6.07) is 5.61. The van der Waals surface area contributed by atoms with Crippen molar-refractivity contribution in [2.24, 2.45) is 0 Å². The maximum Gasteiger partial charge on any atom is 2.00 e. The Bertz CT molecular complexity index is 1980. The first-order valence-electron chi connectivity index (χ1n) is 15.4. The van der Waals surface area contributed by atoms with E-state index in [0.29, 0.717) is 61.3 Å². The first kappa shape index (κ1) is 36.9. The smallest absolute Gasteiger partial charge is 0.657 e. The third kappa shape index (κ3) is 5.99. The summed E-state index contributed by atoms with van der Waals surface area (Å²) in [4.78, 5) is 71.5. The second kappa shape index (κ2) is 13.9. The molecule has 6 rings (SSSR count). The van der Waals surface area contributed by atoms with Crippen LogP contribution >= 0.6 is 0 Å². The summed E-state index contributed by atoms with van der Waals surface area (Å²) in [5.74, 6) is -4.35. The summed E-state index contributed by atoms with van der Waals surface area (Å²) in [7, 11) is 1.23. The maximum absolute atomic E-state index is 14.0. The number of fused-ring (bicyclic) bond motifs is 8. The van der Waals surface area contributed by atoms with E-state index in [0.717, 1.165) is 17.8 Å². The van der Waals surface area contributed by atoms with Crippen LogP contribution in [-0.4, -0.2) is 40.6 Å². The van der Waals surface area contributed by atoms with Crippen molar-refractivity contribution < 1.29 is 79.0 Å². The number of ketones is 2. The van der Waals surface area contributed by atoms with Gasteiger partial charge in [-0.2, -0.15) is 0 Å². The molecule has 3 aromatic heterocycles.